The summed E-state index contributed by atoms with van der Waals surface area (Å²) in [5, 5.41) is 4.53. The smallest absolute Gasteiger partial charge is 0.274 e. The molecule has 4 nitrogen and oxygen atoms in total. The molecular weight excluding hydrogens is 305 g/mol. The van der Waals surface area contributed by atoms with Gasteiger partial charge in [-0.3, -0.25) is 9.48 Å². The minimum Gasteiger partial charge on any atom is -0.330 e. The summed E-state index contributed by atoms with van der Waals surface area (Å²) in [6.07, 6.45) is 2.04. The molecule has 2 aromatic rings. The molecular formula is C19H24FN3O. The van der Waals surface area contributed by atoms with Crippen LogP contribution in [0.1, 0.15) is 55.4 Å². The number of carbonyl (C=O) groups is 1. The molecule has 0 bridgehead atoms. The van der Waals surface area contributed by atoms with Gasteiger partial charge in [-0.05, 0) is 64.3 Å². The Morgan fingerprint density at radius 1 is 1.29 bits per heavy atom. The molecule has 5 heteroatoms. The Labute approximate surface area is 142 Å². The molecule has 1 saturated carbocycles. The number of aromatic nitrogens is 2. The van der Waals surface area contributed by atoms with Gasteiger partial charge in [0.05, 0.1) is 5.54 Å². The number of amides is 1. The number of benzene rings is 1. The van der Waals surface area contributed by atoms with E-state index in [9.17, 15) is 9.18 Å². The van der Waals surface area contributed by atoms with Crippen LogP contribution >= 0.6 is 0 Å². The second-order valence-corrected chi connectivity index (χ2v) is 7.54. The number of aryl methyl sites for hydroxylation is 1. The number of carbonyl (C=O) groups excluding carboxylic acids is 1. The average molecular weight is 329 g/mol. The predicted octanol–water partition coefficient (Wildman–Crippen LogP) is 3.89. The molecule has 1 fully saturated rings. The van der Waals surface area contributed by atoms with Crippen molar-refractivity contribution in [2.75, 3.05) is 0 Å². The highest BCUT2D eigenvalue weighted by Gasteiger charge is 2.34. The van der Waals surface area contributed by atoms with E-state index in [-0.39, 0.29) is 23.3 Å². The minimum absolute atomic E-state index is 0.0482. The van der Waals surface area contributed by atoms with Crippen LogP contribution in [0.5, 0.6) is 0 Å². The third kappa shape index (κ3) is 3.50. The zero-order valence-corrected chi connectivity index (χ0v) is 14.7. The van der Waals surface area contributed by atoms with Gasteiger partial charge in [0.1, 0.15) is 5.82 Å². The van der Waals surface area contributed by atoms with Crippen LogP contribution in [0.4, 0.5) is 4.39 Å². The lowest BCUT2D eigenvalue weighted by molar-refractivity contribution is 0.0722. The summed E-state index contributed by atoms with van der Waals surface area (Å²) in [6.45, 7) is 8.66. The molecule has 1 heterocycles. The van der Waals surface area contributed by atoms with Crippen LogP contribution in [0.15, 0.2) is 30.3 Å². The van der Waals surface area contributed by atoms with E-state index < -0.39 is 0 Å². The Balaban J connectivity index is 1.84. The van der Waals surface area contributed by atoms with Crippen molar-refractivity contribution in [3.63, 3.8) is 0 Å². The maximum atomic E-state index is 13.1. The lowest BCUT2D eigenvalue weighted by Crippen LogP contribution is -2.33. The van der Waals surface area contributed by atoms with E-state index in [0.717, 1.165) is 24.1 Å². The van der Waals surface area contributed by atoms with Crippen LogP contribution in [0.2, 0.25) is 0 Å². The summed E-state index contributed by atoms with van der Waals surface area (Å²) in [6, 6.07) is 8.46. The number of hydrogen-bond donors (Lipinski definition) is 0. The van der Waals surface area contributed by atoms with Crippen molar-refractivity contribution in [2.45, 2.75) is 58.7 Å². The van der Waals surface area contributed by atoms with Crippen molar-refractivity contribution < 1.29 is 9.18 Å². The standard InChI is InChI=1S/C19H24FN3O/c1-13-11-17(21-23(13)19(2,3)4)18(24)22(16-9-10-16)12-14-5-7-15(20)8-6-14/h5-8,11,16H,9-10,12H2,1-4H3. The van der Waals surface area contributed by atoms with Gasteiger partial charge in [-0.1, -0.05) is 12.1 Å². The molecule has 1 aromatic heterocycles. The van der Waals surface area contributed by atoms with Gasteiger partial charge in [-0.2, -0.15) is 5.10 Å². The lowest BCUT2D eigenvalue weighted by Gasteiger charge is -2.23. The fraction of sp³-hybridized carbons (Fsp3) is 0.474. The van der Waals surface area contributed by atoms with Crippen molar-refractivity contribution in [1.82, 2.24) is 14.7 Å². The molecule has 0 spiro atoms. The molecule has 0 atom stereocenters. The Bertz CT molecular complexity index is 739. The molecule has 24 heavy (non-hydrogen) atoms. The fourth-order valence-corrected chi connectivity index (χ4v) is 2.94. The molecule has 0 radical (unpaired) electrons. The van der Waals surface area contributed by atoms with E-state index in [1.807, 2.05) is 22.6 Å². The number of nitrogens with zero attached hydrogens (tertiary/aromatic N) is 3. The molecule has 128 valence electrons. The maximum Gasteiger partial charge on any atom is 0.274 e. The summed E-state index contributed by atoms with van der Waals surface area (Å²) in [5.41, 5.74) is 2.23. The topological polar surface area (TPSA) is 38.1 Å². The van der Waals surface area contributed by atoms with E-state index >= 15 is 0 Å². The fourth-order valence-electron chi connectivity index (χ4n) is 2.94. The van der Waals surface area contributed by atoms with Crippen molar-refractivity contribution in [2.24, 2.45) is 0 Å². The first-order chi connectivity index (χ1) is 11.3. The Morgan fingerprint density at radius 2 is 1.92 bits per heavy atom. The van der Waals surface area contributed by atoms with Crippen molar-refractivity contribution in [3.05, 3.63) is 53.1 Å². The lowest BCUT2D eigenvalue weighted by atomic mass is 10.1. The van der Waals surface area contributed by atoms with E-state index in [1.54, 1.807) is 12.1 Å². The highest BCUT2D eigenvalue weighted by Crippen LogP contribution is 2.30. The summed E-state index contributed by atoms with van der Waals surface area (Å²) in [4.78, 5) is 14.8. The molecule has 3 rings (SSSR count). The van der Waals surface area contributed by atoms with Gasteiger partial charge in [0, 0.05) is 18.3 Å². The maximum absolute atomic E-state index is 13.1. The van der Waals surface area contributed by atoms with Gasteiger partial charge in [0.15, 0.2) is 5.69 Å². The Kier molecular flexibility index (Phi) is 4.20. The first-order valence-electron chi connectivity index (χ1n) is 8.38. The van der Waals surface area contributed by atoms with Gasteiger partial charge in [0.25, 0.3) is 5.91 Å². The summed E-state index contributed by atoms with van der Waals surface area (Å²) in [7, 11) is 0. The second kappa shape index (κ2) is 6.04. The van der Waals surface area contributed by atoms with E-state index in [4.69, 9.17) is 0 Å². The molecule has 1 amide bonds. The molecule has 0 unspecified atom stereocenters. The number of hydrogen-bond acceptors (Lipinski definition) is 2. The number of rotatable bonds is 4. The van der Waals surface area contributed by atoms with E-state index in [0.29, 0.717) is 12.2 Å². The SMILES string of the molecule is Cc1cc(C(=O)N(Cc2ccc(F)cc2)C2CC2)nn1C(C)(C)C. The van der Waals surface area contributed by atoms with Crippen LogP contribution in [-0.4, -0.2) is 26.6 Å². The Morgan fingerprint density at radius 3 is 2.42 bits per heavy atom. The van der Waals surface area contributed by atoms with Crippen molar-refractivity contribution in [1.29, 1.82) is 0 Å². The van der Waals surface area contributed by atoms with E-state index in [1.165, 1.54) is 12.1 Å². The molecule has 0 saturated heterocycles. The van der Waals surface area contributed by atoms with Gasteiger partial charge in [-0.15, -0.1) is 0 Å². The van der Waals surface area contributed by atoms with E-state index in [2.05, 4.69) is 25.9 Å². The zero-order chi connectivity index (χ0) is 17.5. The van der Waals surface area contributed by atoms with Gasteiger partial charge >= 0.3 is 0 Å². The third-order valence-corrected chi connectivity index (χ3v) is 4.26. The third-order valence-electron chi connectivity index (χ3n) is 4.26. The van der Waals surface area contributed by atoms with Crippen LogP contribution in [0, 0.1) is 12.7 Å². The summed E-state index contributed by atoms with van der Waals surface area (Å²) in [5.74, 6) is -0.310. The molecule has 0 aliphatic heterocycles. The average Bonchev–Trinajstić information content (AvgIpc) is 3.26. The zero-order valence-electron chi connectivity index (χ0n) is 14.7. The number of halogens is 1. The molecule has 1 aliphatic rings. The quantitative estimate of drug-likeness (QED) is 0.853. The largest absolute Gasteiger partial charge is 0.330 e. The second-order valence-electron chi connectivity index (χ2n) is 7.54. The highest BCUT2D eigenvalue weighted by atomic mass is 19.1. The molecule has 1 aliphatic carbocycles. The van der Waals surface area contributed by atoms with Crippen molar-refractivity contribution >= 4 is 5.91 Å². The first kappa shape index (κ1) is 16.7. The minimum atomic E-state index is -0.261. The predicted molar refractivity (Wildman–Crippen MR) is 91.3 cm³/mol. The Hall–Kier alpha value is -2.17. The summed E-state index contributed by atoms with van der Waals surface area (Å²) < 4.78 is 15.0. The van der Waals surface area contributed by atoms with Gasteiger partial charge in [-0.25, -0.2) is 4.39 Å². The molecule has 1 aromatic carbocycles. The van der Waals surface area contributed by atoms with Crippen LogP contribution in [-0.2, 0) is 12.1 Å². The first-order valence-corrected chi connectivity index (χ1v) is 8.38. The van der Waals surface area contributed by atoms with Crippen LogP contribution in [0.25, 0.3) is 0 Å². The van der Waals surface area contributed by atoms with Crippen molar-refractivity contribution in [3.8, 4) is 0 Å². The monoisotopic (exact) mass is 329 g/mol. The van der Waals surface area contributed by atoms with Gasteiger partial charge < -0.3 is 4.90 Å². The highest BCUT2D eigenvalue weighted by molar-refractivity contribution is 5.92. The van der Waals surface area contributed by atoms with Crippen LogP contribution in [0.3, 0.4) is 0 Å². The normalized spacial score (nSPS) is 14.7. The van der Waals surface area contributed by atoms with Gasteiger partial charge in [0.2, 0.25) is 0 Å². The molecule has 0 N–H and O–H groups in total. The summed E-state index contributed by atoms with van der Waals surface area (Å²) >= 11 is 0. The van der Waals surface area contributed by atoms with Crippen LogP contribution < -0.4 is 0 Å².